The Morgan fingerprint density at radius 1 is 1.13 bits per heavy atom. The van der Waals surface area contributed by atoms with Crippen molar-refractivity contribution in [1.29, 1.82) is 0 Å². The van der Waals surface area contributed by atoms with Gasteiger partial charge in [0.2, 0.25) is 10.0 Å². The predicted octanol–water partition coefficient (Wildman–Crippen LogP) is 1.31. The molecule has 1 aromatic heterocycles. The molecule has 0 unspecified atom stereocenters. The van der Waals surface area contributed by atoms with Gasteiger partial charge in [-0.25, -0.2) is 13.1 Å². The third-order valence-electron chi connectivity index (χ3n) is 3.56. The van der Waals surface area contributed by atoms with Crippen LogP contribution in [0.5, 0.6) is 0 Å². The highest BCUT2D eigenvalue weighted by atomic mass is 32.2. The molecule has 1 aromatic carbocycles. The molecule has 23 heavy (non-hydrogen) atoms. The van der Waals surface area contributed by atoms with Crippen LogP contribution in [-0.2, 0) is 40.5 Å². The van der Waals surface area contributed by atoms with Gasteiger partial charge < -0.3 is 9.67 Å². The molecule has 0 aliphatic rings. The first kappa shape index (κ1) is 17.2. The fourth-order valence-electron chi connectivity index (χ4n) is 2.36. The van der Waals surface area contributed by atoms with E-state index in [4.69, 9.17) is 5.11 Å². The number of carboxylic acid groups (broad SMARTS) is 1. The van der Waals surface area contributed by atoms with Crippen molar-refractivity contribution >= 4 is 16.0 Å². The van der Waals surface area contributed by atoms with E-state index >= 15 is 0 Å². The summed E-state index contributed by atoms with van der Waals surface area (Å²) in [6.45, 7) is 0.277. The van der Waals surface area contributed by atoms with Crippen LogP contribution in [0, 0.1) is 0 Å². The molecule has 2 rings (SSSR count). The van der Waals surface area contributed by atoms with Crippen LogP contribution in [0.2, 0.25) is 0 Å². The number of aliphatic carboxylic acids is 1. The van der Waals surface area contributed by atoms with Crippen molar-refractivity contribution in [1.82, 2.24) is 9.29 Å². The second kappa shape index (κ2) is 7.43. The minimum Gasteiger partial charge on any atom is -0.481 e. The summed E-state index contributed by atoms with van der Waals surface area (Å²) in [7, 11) is -1.60. The maximum absolute atomic E-state index is 12.0. The van der Waals surface area contributed by atoms with Gasteiger partial charge in [-0.05, 0) is 17.7 Å². The Morgan fingerprint density at radius 3 is 2.43 bits per heavy atom. The lowest BCUT2D eigenvalue weighted by molar-refractivity contribution is -0.136. The summed E-state index contributed by atoms with van der Waals surface area (Å²) in [5.41, 5.74) is 2.32. The maximum atomic E-state index is 12.0. The number of nitrogens with one attached hydrogen (secondary N) is 1. The largest absolute Gasteiger partial charge is 0.481 e. The van der Waals surface area contributed by atoms with Crippen LogP contribution in [0.15, 0.2) is 42.5 Å². The number of carbonyl (C=O) groups is 1. The highest BCUT2D eigenvalue weighted by Gasteiger charge is 2.12. The molecule has 0 aliphatic heterocycles. The minimum absolute atomic E-state index is 0.0454. The first-order valence-corrected chi connectivity index (χ1v) is 8.89. The van der Waals surface area contributed by atoms with Crippen LogP contribution in [0.3, 0.4) is 0 Å². The number of nitrogens with zero attached hydrogens (tertiary/aromatic N) is 1. The summed E-state index contributed by atoms with van der Waals surface area (Å²) in [6.07, 6.45) is 0.459. The molecule has 0 radical (unpaired) electrons. The van der Waals surface area contributed by atoms with Gasteiger partial charge in [0, 0.05) is 31.4 Å². The lowest BCUT2D eigenvalue weighted by Gasteiger charge is -2.09. The van der Waals surface area contributed by atoms with Gasteiger partial charge in [-0.1, -0.05) is 30.3 Å². The lowest BCUT2D eigenvalue weighted by atomic mass is 10.2. The van der Waals surface area contributed by atoms with Gasteiger partial charge in [0.15, 0.2) is 0 Å². The second-order valence-corrected chi connectivity index (χ2v) is 7.14. The van der Waals surface area contributed by atoms with Crippen molar-refractivity contribution in [3.63, 3.8) is 0 Å². The van der Waals surface area contributed by atoms with E-state index in [2.05, 4.69) is 4.72 Å². The molecule has 6 nitrogen and oxygen atoms in total. The molecule has 1 heterocycles. The smallest absolute Gasteiger partial charge is 0.309 e. The van der Waals surface area contributed by atoms with E-state index in [0.29, 0.717) is 12.1 Å². The van der Waals surface area contributed by atoms with Gasteiger partial charge in [0.25, 0.3) is 0 Å². The molecular formula is C16H20N2O4S. The Labute approximate surface area is 135 Å². The van der Waals surface area contributed by atoms with Crippen molar-refractivity contribution in [3.8, 4) is 0 Å². The third kappa shape index (κ3) is 5.22. The van der Waals surface area contributed by atoms with Gasteiger partial charge in [-0.2, -0.15) is 0 Å². The highest BCUT2D eigenvalue weighted by molar-refractivity contribution is 7.88. The highest BCUT2D eigenvalue weighted by Crippen LogP contribution is 2.09. The van der Waals surface area contributed by atoms with Crippen LogP contribution >= 0.6 is 0 Å². The van der Waals surface area contributed by atoms with E-state index in [1.54, 1.807) is 41.9 Å². The number of sulfonamides is 1. The molecule has 0 bridgehead atoms. The van der Waals surface area contributed by atoms with Crippen LogP contribution in [0.25, 0.3) is 0 Å². The molecule has 0 saturated carbocycles. The van der Waals surface area contributed by atoms with Crippen LogP contribution in [0.1, 0.15) is 17.0 Å². The van der Waals surface area contributed by atoms with Crippen molar-refractivity contribution in [2.24, 2.45) is 7.05 Å². The summed E-state index contributed by atoms with van der Waals surface area (Å²) < 4.78 is 28.4. The van der Waals surface area contributed by atoms with Crippen molar-refractivity contribution in [2.75, 3.05) is 6.54 Å². The van der Waals surface area contributed by atoms with Gasteiger partial charge in [-0.15, -0.1) is 0 Å². The molecule has 2 N–H and O–H groups in total. The minimum atomic E-state index is -3.38. The van der Waals surface area contributed by atoms with Crippen LogP contribution in [0.4, 0.5) is 0 Å². The van der Waals surface area contributed by atoms with E-state index in [1.807, 2.05) is 12.1 Å². The average Bonchev–Trinajstić information content (AvgIpc) is 2.80. The molecule has 0 saturated heterocycles. The van der Waals surface area contributed by atoms with Gasteiger partial charge in [-0.3, -0.25) is 4.79 Å². The van der Waals surface area contributed by atoms with Crippen molar-refractivity contribution < 1.29 is 18.3 Å². The molecule has 0 fully saturated rings. The molecule has 124 valence electrons. The molecule has 2 aromatic rings. The predicted molar refractivity (Wildman–Crippen MR) is 87.5 cm³/mol. The molecule has 7 heteroatoms. The normalized spacial score (nSPS) is 11.5. The SMILES string of the molecule is Cn1c(CCNS(=O)(=O)Cc2ccccc2)ccc1CC(=O)O. The van der Waals surface area contributed by atoms with E-state index in [0.717, 1.165) is 11.3 Å². The summed E-state index contributed by atoms with van der Waals surface area (Å²) in [5.74, 6) is -0.938. The first-order chi connectivity index (χ1) is 10.9. The van der Waals surface area contributed by atoms with Gasteiger partial charge in [0.05, 0.1) is 12.2 Å². The van der Waals surface area contributed by atoms with Gasteiger partial charge in [0.1, 0.15) is 0 Å². The quantitative estimate of drug-likeness (QED) is 0.761. The number of carboxylic acids is 1. The monoisotopic (exact) mass is 336 g/mol. The van der Waals surface area contributed by atoms with Crippen molar-refractivity contribution in [2.45, 2.75) is 18.6 Å². The Hall–Kier alpha value is -2.12. The zero-order valence-corrected chi connectivity index (χ0v) is 13.7. The standard InChI is InChI=1S/C16H20N2O4S/c1-18-14(7-8-15(18)11-16(19)20)9-10-17-23(21,22)12-13-5-3-2-4-6-13/h2-8,17H,9-12H2,1H3,(H,19,20). The number of hydrogen-bond acceptors (Lipinski definition) is 3. The Balaban J connectivity index is 1.89. The second-order valence-electron chi connectivity index (χ2n) is 5.33. The van der Waals surface area contributed by atoms with Gasteiger partial charge >= 0.3 is 5.97 Å². The molecular weight excluding hydrogens is 316 g/mol. The lowest BCUT2D eigenvalue weighted by Crippen LogP contribution is -2.27. The first-order valence-electron chi connectivity index (χ1n) is 7.24. The third-order valence-corrected chi connectivity index (χ3v) is 4.92. The van der Waals surface area contributed by atoms with E-state index in [9.17, 15) is 13.2 Å². The fraction of sp³-hybridized carbons (Fsp3) is 0.312. The fourth-order valence-corrected chi connectivity index (χ4v) is 3.51. The molecule has 0 amide bonds. The summed E-state index contributed by atoms with van der Waals surface area (Å²) in [6, 6.07) is 12.6. The summed E-state index contributed by atoms with van der Waals surface area (Å²) >= 11 is 0. The Kier molecular flexibility index (Phi) is 5.57. The number of benzene rings is 1. The van der Waals surface area contributed by atoms with E-state index in [1.165, 1.54) is 0 Å². The Bertz CT molecular complexity index is 767. The number of hydrogen-bond donors (Lipinski definition) is 2. The summed E-state index contributed by atoms with van der Waals surface area (Å²) in [4.78, 5) is 10.7. The average molecular weight is 336 g/mol. The number of rotatable bonds is 8. The van der Waals surface area contributed by atoms with E-state index in [-0.39, 0.29) is 18.7 Å². The van der Waals surface area contributed by atoms with Crippen LogP contribution in [-0.4, -0.2) is 30.6 Å². The zero-order chi connectivity index (χ0) is 16.9. The molecule has 0 atom stereocenters. The molecule has 0 aliphatic carbocycles. The van der Waals surface area contributed by atoms with Crippen molar-refractivity contribution in [3.05, 3.63) is 59.4 Å². The number of aromatic nitrogens is 1. The Morgan fingerprint density at radius 2 is 1.78 bits per heavy atom. The van der Waals surface area contributed by atoms with E-state index < -0.39 is 16.0 Å². The summed E-state index contributed by atoms with van der Waals surface area (Å²) in [5, 5.41) is 8.82. The molecule has 0 spiro atoms. The maximum Gasteiger partial charge on any atom is 0.309 e. The van der Waals surface area contributed by atoms with Crippen LogP contribution < -0.4 is 4.72 Å². The zero-order valence-electron chi connectivity index (χ0n) is 12.9. The topological polar surface area (TPSA) is 88.4 Å².